The number of esters is 1. The molecule has 0 spiro atoms. The lowest BCUT2D eigenvalue weighted by Gasteiger charge is -2.28. The topological polar surface area (TPSA) is 38.8 Å². The number of rotatable bonds is 0. The highest BCUT2D eigenvalue weighted by Gasteiger charge is 2.59. The Morgan fingerprint density at radius 3 is 2.77 bits per heavy atom. The number of hydrogen-bond donors (Lipinski definition) is 0. The smallest absolute Gasteiger partial charge is 0.310 e. The summed E-state index contributed by atoms with van der Waals surface area (Å²) < 4.78 is 10.8. The van der Waals surface area contributed by atoms with Crippen molar-refractivity contribution in [3.8, 4) is 0 Å². The number of carbonyl (C=O) groups is 1. The summed E-state index contributed by atoms with van der Waals surface area (Å²) in [5.74, 6) is 0.478. The van der Waals surface area contributed by atoms with Gasteiger partial charge in [-0.1, -0.05) is 0 Å². The van der Waals surface area contributed by atoms with E-state index in [0.717, 1.165) is 12.8 Å². The predicted octanol–water partition coefficient (Wildman–Crippen LogP) is 1.12. The van der Waals surface area contributed by atoms with Crippen molar-refractivity contribution in [3.05, 3.63) is 0 Å². The van der Waals surface area contributed by atoms with Crippen LogP contribution in [0.25, 0.3) is 0 Å². The fourth-order valence-corrected chi connectivity index (χ4v) is 2.86. The Morgan fingerprint density at radius 2 is 2.00 bits per heavy atom. The van der Waals surface area contributed by atoms with Gasteiger partial charge in [-0.3, -0.25) is 4.79 Å². The Bertz CT molecular complexity index is 271. The summed E-state index contributed by atoms with van der Waals surface area (Å²) in [6.45, 7) is 4.02. The van der Waals surface area contributed by atoms with Crippen LogP contribution in [0.2, 0.25) is 0 Å². The van der Waals surface area contributed by atoms with Gasteiger partial charge in [-0.15, -0.1) is 0 Å². The first-order valence-electron chi connectivity index (χ1n) is 4.96. The van der Waals surface area contributed by atoms with Crippen molar-refractivity contribution in [2.75, 3.05) is 0 Å². The molecule has 72 valence electrons. The molecule has 2 aliphatic heterocycles. The van der Waals surface area contributed by atoms with Crippen LogP contribution in [0, 0.1) is 11.8 Å². The second-order valence-electron chi connectivity index (χ2n) is 4.92. The molecule has 4 atom stereocenters. The molecule has 0 amide bonds. The van der Waals surface area contributed by atoms with Crippen molar-refractivity contribution in [1.29, 1.82) is 0 Å². The minimum atomic E-state index is -0.265. The van der Waals surface area contributed by atoms with Gasteiger partial charge in [0.25, 0.3) is 0 Å². The highest BCUT2D eigenvalue weighted by atomic mass is 16.6. The quantitative estimate of drug-likeness (QED) is 0.416. The molecule has 0 bridgehead atoms. The van der Waals surface area contributed by atoms with E-state index in [9.17, 15) is 4.79 Å². The molecule has 0 radical (unpaired) electrons. The molecule has 0 aromatic carbocycles. The largest absolute Gasteiger partial charge is 0.459 e. The fourth-order valence-electron chi connectivity index (χ4n) is 2.86. The predicted molar refractivity (Wildman–Crippen MR) is 45.0 cm³/mol. The van der Waals surface area contributed by atoms with Crippen LogP contribution in [0.4, 0.5) is 0 Å². The van der Waals surface area contributed by atoms with Crippen LogP contribution in [0.15, 0.2) is 0 Å². The van der Waals surface area contributed by atoms with Gasteiger partial charge in [-0.05, 0) is 26.7 Å². The maximum atomic E-state index is 11.5. The van der Waals surface area contributed by atoms with E-state index in [1.54, 1.807) is 0 Å². The molecule has 13 heavy (non-hydrogen) atoms. The van der Waals surface area contributed by atoms with Gasteiger partial charge < -0.3 is 9.47 Å². The van der Waals surface area contributed by atoms with Crippen LogP contribution < -0.4 is 0 Å². The van der Waals surface area contributed by atoms with Gasteiger partial charge in [0.05, 0.1) is 18.1 Å². The molecule has 3 nitrogen and oxygen atoms in total. The molecule has 2 heterocycles. The lowest BCUT2D eigenvalue weighted by Crippen LogP contribution is -2.34. The molecule has 3 heteroatoms. The van der Waals surface area contributed by atoms with Crippen LogP contribution in [0.5, 0.6) is 0 Å². The first kappa shape index (κ1) is 7.80. The average Bonchev–Trinajstić information content (AvgIpc) is 2.73. The Kier molecular flexibility index (Phi) is 1.25. The SMILES string of the molecule is CC1(C)OC(=O)C2CC3OC3CC21. The summed E-state index contributed by atoms with van der Waals surface area (Å²) in [5.41, 5.74) is -0.265. The molecule has 2 saturated heterocycles. The summed E-state index contributed by atoms with van der Waals surface area (Å²) in [6.07, 6.45) is 2.68. The van der Waals surface area contributed by atoms with Crippen molar-refractivity contribution >= 4 is 5.97 Å². The number of ether oxygens (including phenoxy) is 2. The molecule has 1 aliphatic carbocycles. The van der Waals surface area contributed by atoms with Crippen LogP contribution in [-0.2, 0) is 14.3 Å². The molecule has 0 N–H and O–H groups in total. The average molecular weight is 182 g/mol. The first-order chi connectivity index (χ1) is 6.08. The standard InChI is InChI=1S/C10H14O3/c1-10(2)6-4-8-7(12-8)3-5(6)9(11)13-10/h5-8H,3-4H2,1-2H3. The zero-order valence-electron chi connectivity index (χ0n) is 7.95. The Balaban J connectivity index is 1.90. The molecule has 0 aromatic heterocycles. The normalized spacial score (nSPS) is 50.8. The zero-order chi connectivity index (χ0) is 9.22. The van der Waals surface area contributed by atoms with Gasteiger partial charge in [-0.25, -0.2) is 0 Å². The van der Waals surface area contributed by atoms with E-state index in [4.69, 9.17) is 9.47 Å². The van der Waals surface area contributed by atoms with Crippen molar-refractivity contribution in [3.63, 3.8) is 0 Å². The van der Waals surface area contributed by atoms with Crippen LogP contribution in [0.1, 0.15) is 26.7 Å². The van der Waals surface area contributed by atoms with Crippen LogP contribution in [-0.4, -0.2) is 23.8 Å². The highest BCUT2D eigenvalue weighted by Crippen LogP contribution is 2.51. The third-order valence-electron chi connectivity index (χ3n) is 3.71. The van der Waals surface area contributed by atoms with E-state index in [1.807, 2.05) is 13.8 Å². The van der Waals surface area contributed by atoms with E-state index in [0.29, 0.717) is 18.1 Å². The first-order valence-corrected chi connectivity index (χ1v) is 4.96. The van der Waals surface area contributed by atoms with Crippen LogP contribution in [0.3, 0.4) is 0 Å². The minimum Gasteiger partial charge on any atom is -0.459 e. The fraction of sp³-hybridized carbons (Fsp3) is 0.900. The van der Waals surface area contributed by atoms with Gasteiger partial charge in [0.15, 0.2) is 0 Å². The molecular formula is C10H14O3. The van der Waals surface area contributed by atoms with Gasteiger partial charge in [0, 0.05) is 5.92 Å². The maximum Gasteiger partial charge on any atom is 0.310 e. The Hall–Kier alpha value is -0.570. The van der Waals surface area contributed by atoms with E-state index >= 15 is 0 Å². The van der Waals surface area contributed by atoms with Crippen LogP contribution >= 0.6 is 0 Å². The number of carbonyl (C=O) groups excluding carboxylic acids is 1. The maximum absolute atomic E-state index is 11.5. The van der Waals surface area contributed by atoms with E-state index in [2.05, 4.69) is 0 Å². The second kappa shape index (κ2) is 2.08. The van der Waals surface area contributed by atoms with Gasteiger partial charge in [-0.2, -0.15) is 0 Å². The summed E-state index contributed by atoms with van der Waals surface area (Å²) in [5, 5.41) is 0. The van der Waals surface area contributed by atoms with E-state index < -0.39 is 0 Å². The lowest BCUT2D eigenvalue weighted by molar-refractivity contribution is -0.148. The number of fused-ring (bicyclic) bond motifs is 2. The lowest BCUT2D eigenvalue weighted by atomic mass is 9.74. The van der Waals surface area contributed by atoms with Crippen molar-refractivity contribution in [2.45, 2.75) is 44.5 Å². The summed E-state index contributed by atoms with van der Waals surface area (Å²) in [4.78, 5) is 11.5. The molecule has 3 fully saturated rings. The number of epoxide rings is 1. The third-order valence-corrected chi connectivity index (χ3v) is 3.71. The molecular weight excluding hydrogens is 168 g/mol. The Labute approximate surface area is 77.4 Å². The van der Waals surface area contributed by atoms with Gasteiger partial charge in [0.2, 0.25) is 0 Å². The second-order valence-corrected chi connectivity index (χ2v) is 4.92. The molecule has 0 aromatic rings. The monoisotopic (exact) mass is 182 g/mol. The molecule has 3 rings (SSSR count). The van der Waals surface area contributed by atoms with Crippen molar-refractivity contribution in [2.24, 2.45) is 11.8 Å². The van der Waals surface area contributed by atoms with Gasteiger partial charge >= 0.3 is 5.97 Å². The molecule has 4 unspecified atom stereocenters. The zero-order valence-corrected chi connectivity index (χ0v) is 7.95. The minimum absolute atomic E-state index is 0.0102. The van der Waals surface area contributed by atoms with E-state index in [1.165, 1.54) is 0 Å². The van der Waals surface area contributed by atoms with Crippen molar-refractivity contribution in [1.82, 2.24) is 0 Å². The number of hydrogen-bond acceptors (Lipinski definition) is 3. The highest BCUT2D eigenvalue weighted by molar-refractivity contribution is 5.76. The summed E-state index contributed by atoms with van der Waals surface area (Å²) in [6, 6.07) is 0. The number of cyclic esters (lactones) is 1. The van der Waals surface area contributed by atoms with E-state index in [-0.39, 0.29) is 17.5 Å². The van der Waals surface area contributed by atoms with Gasteiger partial charge in [0.1, 0.15) is 5.60 Å². The third kappa shape index (κ3) is 0.966. The summed E-state index contributed by atoms with van der Waals surface area (Å²) in [7, 11) is 0. The molecule has 3 aliphatic rings. The van der Waals surface area contributed by atoms with Crippen molar-refractivity contribution < 1.29 is 14.3 Å². The Morgan fingerprint density at radius 1 is 1.31 bits per heavy atom. The molecule has 1 saturated carbocycles. The summed E-state index contributed by atoms with van der Waals surface area (Å²) >= 11 is 0.